The minimum atomic E-state index is -0.875. The Bertz CT molecular complexity index is 674. The lowest BCUT2D eigenvalue weighted by molar-refractivity contribution is -0.137. The summed E-state index contributed by atoms with van der Waals surface area (Å²) in [5.41, 5.74) is 0.681. The first kappa shape index (κ1) is 20.6. The van der Waals surface area contributed by atoms with Gasteiger partial charge in [-0.15, -0.1) is 12.4 Å². The summed E-state index contributed by atoms with van der Waals surface area (Å²) in [6.07, 6.45) is 2.19. The Balaban J connectivity index is 0.00000243. The van der Waals surface area contributed by atoms with Crippen molar-refractivity contribution in [3.8, 4) is 0 Å². The molecule has 2 heterocycles. The van der Waals surface area contributed by atoms with Crippen molar-refractivity contribution in [3.05, 3.63) is 35.4 Å². The highest BCUT2D eigenvalue weighted by Crippen LogP contribution is 2.27. The molecule has 26 heavy (non-hydrogen) atoms. The van der Waals surface area contributed by atoms with Crippen LogP contribution in [0.25, 0.3) is 0 Å². The molecule has 5 nitrogen and oxygen atoms in total. The molecule has 3 unspecified atom stereocenters. The smallest absolute Gasteiger partial charge is 0.243 e. The highest BCUT2D eigenvalue weighted by molar-refractivity contribution is 5.87. The number of amides is 2. The zero-order chi connectivity index (χ0) is 18.0. The molecule has 1 aromatic carbocycles. The van der Waals surface area contributed by atoms with Gasteiger partial charge < -0.3 is 15.5 Å². The highest BCUT2D eigenvalue weighted by Gasteiger charge is 2.35. The summed E-state index contributed by atoms with van der Waals surface area (Å²) in [6.45, 7) is 3.38. The molecule has 0 bridgehead atoms. The van der Waals surface area contributed by atoms with Crippen molar-refractivity contribution in [2.45, 2.75) is 44.2 Å². The van der Waals surface area contributed by atoms with Crippen molar-refractivity contribution >= 4 is 24.2 Å². The SMILES string of the molecule is CC(=O)N1CCCC1C(=O)NC1CNCCC1c1ccc(F)c(F)c1.Cl. The van der Waals surface area contributed by atoms with E-state index in [2.05, 4.69) is 10.6 Å². The van der Waals surface area contributed by atoms with Gasteiger partial charge >= 0.3 is 0 Å². The molecule has 2 fully saturated rings. The molecule has 2 N–H and O–H groups in total. The van der Waals surface area contributed by atoms with E-state index in [9.17, 15) is 18.4 Å². The van der Waals surface area contributed by atoms with Gasteiger partial charge in [0, 0.05) is 32.0 Å². The van der Waals surface area contributed by atoms with E-state index in [1.807, 2.05) is 0 Å². The molecule has 0 aromatic heterocycles. The van der Waals surface area contributed by atoms with Crippen molar-refractivity contribution in [2.75, 3.05) is 19.6 Å². The van der Waals surface area contributed by atoms with Crippen LogP contribution in [0.3, 0.4) is 0 Å². The maximum atomic E-state index is 13.6. The average Bonchev–Trinajstić information content (AvgIpc) is 3.08. The number of nitrogens with zero attached hydrogens (tertiary/aromatic N) is 1. The van der Waals surface area contributed by atoms with Gasteiger partial charge in [0.25, 0.3) is 0 Å². The minimum Gasteiger partial charge on any atom is -0.350 e. The summed E-state index contributed by atoms with van der Waals surface area (Å²) in [5, 5.41) is 6.24. The third-order valence-electron chi connectivity index (χ3n) is 5.14. The Kier molecular flexibility index (Phi) is 6.94. The van der Waals surface area contributed by atoms with Crippen LogP contribution in [0.1, 0.15) is 37.7 Å². The van der Waals surface area contributed by atoms with E-state index >= 15 is 0 Å². The molecule has 0 saturated carbocycles. The standard InChI is InChI=1S/C18H23F2N3O2.ClH/c1-11(24)23-8-2-3-17(23)18(25)22-16-10-21-7-6-13(16)12-4-5-14(19)15(20)9-12;/h4-5,9,13,16-17,21H,2-3,6-8,10H2,1H3,(H,22,25);1H. The fourth-order valence-corrected chi connectivity index (χ4v) is 3.85. The number of benzene rings is 1. The first-order valence-electron chi connectivity index (χ1n) is 8.70. The third kappa shape index (κ3) is 4.32. The van der Waals surface area contributed by atoms with Crippen LogP contribution in [0.5, 0.6) is 0 Å². The van der Waals surface area contributed by atoms with E-state index in [-0.39, 0.29) is 36.2 Å². The van der Waals surface area contributed by atoms with Gasteiger partial charge in [-0.2, -0.15) is 0 Å². The largest absolute Gasteiger partial charge is 0.350 e. The molecule has 2 aliphatic heterocycles. The van der Waals surface area contributed by atoms with Crippen molar-refractivity contribution < 1.29 is 18.4 Å². The predicted octanol–water partition coefficient (Wildman–Crippen LogP) is 1.96. The molecule has 0 radical (unpaired) electrons. The molecule has 3 rings (SSSR count). The molecule has 2 amide bonds. The van der Waals surface area contributed by atoms with E-state index in [1.54, 1.807) is 11.0 Å². The summed E-state index contributed by atoms with van der Waals surface area (Å²) in [6, 6.07) is 3.25. The molecule has 144 valence electrons. The van der Waals surface area contributed by atoms with Gasteiger partial charge in [0.15, 0.2) is 11.6 Å². The van der Waals surface area contributed by atoms with Crippen LogP contribution in [0, 0.1) is 11.6 Å². The number of nitrogens with one attached hydrogen (secondary N) is 2. The lowest BCUT2D eigenvalue weighted by Crippen LogP contribution is -2.54. The third-order valence-corrected chi connectivity index (χ3v) is 5.14. The number of piperidine rings is 1. The van der Waals surface area contributed by atoms with Crippen LogP contribution >= 0.6 is 12.4 Å². The average molecular weight is 388 g/mol. The number of likely N-dealkylation sites (tertiary alicyclic amines) is 1. The van der Waals surface area contributed by atoms with Crippen molar-refractivity contribution in [2.24, 2.45) is 0 Å². The number of carbonyl (C=O) groups excluding carboxylic acids is 2. The van der Waals surface area contributed by atoms with Crippen molar-refractivity contribution in [3.63, 3.8) is 0 Å². The normalized spacial score (nSPS) is 25.5. The maximum absolute atomic E-state index is 13.6. The summed E-state index contributed by atoms with van der Waals surface area (Å²) >= 11 is 0. The Morgan fingerprint density at radius 3 is 2.69 bits per heavy atom. The second kappa shape index (κ2) is 8.77. The number of hydrogen-bond donors (Lipinski definition) is 2. The number of carbonyl (C=O) groups is 2. The Morgan fingerprint density at radius 2 is 2.00 bits per heavy atom. The lowest BCUT2D eigenvalue weighted by Gasteiger charge is -2.34. The maximum Gasteiger partial charge on any atom is 0.243 e. The van der Waals surface area contributed by atoms with E-state index in [0.29, 0.717) is 25.1 Å². The molecule has 0 spiro atoms. The van der Waals surface area contributed by atoms with Crippen molar-refractivity contribution in [1.82, 2.24) is 15.5 Å². The van der Waals surface area contributed by atoms with Crippen LogP contribution in [-0.2, 0) is 9.59 Å². The molecule has 8 heteroatoms. The Morgan fingerprint density at radius 1 is 1.23 bits per heavy atom. The Hall–Kier alpha value is -1.73. The van der Waals surface area contributed by atoms with E-state index < -0.39 is 17.7 Å². The van der Waals surface area contributed by atoms with Gasteiger partial charge in [0.05, 0.1) is 0 Å². The molecule has 0 aliphatic carbocycles. The van der Waals surface area contributed by atoms with Gasteiger partial charge in [-0.25, -0.2) is 8.78 Å². The zero-order valence-electron chi connectivity index (χ0n) is 14.6. The number of rotatable bonds is 3. The summed E-state index contributed by atoms with van der Waals surface area (Å²) in [5.74, 6) is -2.11. The number of hydrogen-bond acceptors (Lipinski definition) is 3. The Labute approximate surface area is 157 Å². The first-order chi connectivity index (χ1) is 12.0. The first-order valence-corrected chi connectivity index (χ1v) is 8.70. The second-order valence-electron chi connectivity index (χ2n) is 6.76. The van der Waals surface area contributed by atoms with E-state index in [4.69, 9.17) is 0 Å². The molecular formula is C18H24ClF2N3O2. The summed E-state index contributed by atoms with van der Waals surface area (Å²) < 4.78 is 26.8. The fraction of sp³-hybridized carbons (Fsp3) is 0.556. The quantitative estimate of drug-likeness (QED) is 0.833. The van der Waals surface area contributed by atoms with Crippen LogP contribution < -0.4 is 10.6 Å². The van der Waals surface area contributed by atoms with Gasteiger partial charge in [-0.1, -0.05) is 6.07 Å². The van der Waals surface area contributed by atoms with Crippen LogP contribution in [0.15, 0.2) is 18.2 Å². The molecule has 2 aliphatic rings. The van der Waals surface area contributed by atoms with Crippen molar-refractivity contribution in [1.29, 1.82) is 0 Å². The monoisotopic (exact) mass is 387 g/mol. The van der Waals surface area contributed by atoms with Crippen LogP contribution in [0.2, 0.25) is 0 Å². The van der Waals surface area contributed by atoms with Crippen LogP contribution in [0.4, 0.5) is 8.78 Å². The summed E-state index contributed by atoms with van der Waals surface area (Å²) in [7, 11) is 0. The topological polar surface area (TPSA) is 61.4 Å². The fourth-order valence-electron chi connectivity index (χ4n) is 3.85. The zero-order valence-corrected chi connectivity index (χ0v) is 15.5. The lowest BCUT2D eigenvalue weighted by atomic mass is 9.85. The molecule has 1 aromatic rings. The van der Waals surface area contributed by atoms with Crippen LogP contribution in [-0.4, -0.2) is 48.4 Å². The van der Waals surface area contributed by atoms with Gasteiger partial charge in [-0.05, 0) is 43.5 Å². The number of halogens is 3. The highest BCUT2D eigenvalue weighted by atomic mass is 35.5. The minimum absolute atomic E-state index is 0. The van der Waals surface area contributed by atoms with Gasteiger partial charge in [0.1, 0.15) is 6.04 Å². The molecule has 2 saturated heterocycles. The molecular weight excluding hydrogens is 364 g/mol. The van der Waals surface area contributed by atoms with Gasteiger partial charge in [-0.3, -0.25) is 9.59 Å². The van der Waals surface area contributed by atoms with Gasteiger partial charge in [0.2, 0.25) is 11.8 Å². The molecule has 3 atom stereocenters. The van der Waals surface area contributed by atoms with E-state index in [0.717, 1.165) is 25.5 Å². The second-order valence-corrected chi connectivity index (χ2v) is 6.76. The van der Waals surface area contributed by atoms with E-state index in [1.165, 1.54) is 13.0 Å². The predicted molar refractivity (Wildman–Crippen MR) is 96.2 cm³/mol. The summed E-state index contributed by atoms with van der Waals surface area (Å²) in [4.78, 5) is 25.9.